The van der Waals surface area contributed by atoms with E-state index in [0.29, 0.717) is 25.2 Å². The second-order valence-electron chi connectivity index (χ2n) is 6.96. The molecule has 1 fully saturated rings. The van der Waals surface area contributed by atoms with Gasteiger partial charge < -0.3 is 14.7 Å². The first kappa shape index (κ1) is 18.8. The number of rotatable bonds is 6. The Bertz CT molecular complexity index is 565. The lowest BCUT2D eigenvalue weighted by atomic mass is 9.98. The van der Waals surface area contributed by atoms with Gasteiger partial charge in [-0.05, 0) is 19.9 Å². The zero-order valence-electron chi connectivity index (χ0n) is 14.7. The summed E-state index contributed by atoms with van der Waals surface area (Å²) in [7, 11) is 0. The summed E-state index contributed by atoms with van der Waals surface area (Å²) in [6, 6.07) is 6.46. The minimum Gasteiger partial charge on any atom is -0.389 e. The molecule has 1 aromatic carbocycles. The summed E-state index contributed by atoms with van der Waals surface area (Å²) >= 11 is 0. The number of carbonyl (C=O) groups excluding carboxylic acids is 1. The zero-order valence-corrected chi connectivity index (χ0v) is 14.7. The van der Waals surface area contributed by atoms with Gasteiger partial charge in [0, 0.05) is 44.2 Å². The highest BCUT2D eigenvalue weighted by molar-refractivity contribution is 5.73. The van der Waals surface area contributed by atoms with E-state index in [4.69, 9.17) is 4.74 Å². The number of carbonyl (C=O) groups is 1. The molecule has 1 saturated heterocycles. The SMILES string of the molecule is CC(=O)N1CCN(CC(O)COCc2ccccc2F)C(C)(C)C1. The van der Waals surface area contributed by atoms with E-state index in [0.717, 1.165) is 6.54 Å². The molecule has 1 heterocycles. The van der Waals surface area contributed by atoms with Crippen LogP contribution in [0.15, 0.2) is 24.3 Å². The summed E-state index contributed by atoms with van der Waals surface area (Å²) < 4.78 is 19.0. The number of benzene rings is 1. The maximum absolute atomic E-state index is 13.5. The van der Waals surface area contributed by atoms with Crippen LogP contribution in [0.2, 0.25) is 0 Å². The third-order valence-electron chi connectivity index (χ3n) is 4.48. The second kappa shape index (κ2) is 8.05. The number of ether oxygens (including phenoxy) is 1. The van der Waals surface area contributed by atoms with Gasteiger partial charge in [-0.2, -0.15) is 0 Å². The molecule has 1 aromatic rings. The zero-order chi connectivity index (χ0) is 17.7. The summed E-state index contributed by atoms with van der Waals surface area (Å²) in [6.07, 6.45) is -0.653. The predicted molar refractivity (Wildman–Crippen MR) is 90.0 cm³/mol. The van der Waals surface area contributed by atoms with Crippen molar-refractivity contribution in [1.29, 1.82) is 0 Å². The van der Waals surface area contributed by atoms with Gasteiger partial charge in [0.15, 0.2) is 0 Å². The molecule has 134 valence electrons. The molecule has 0 aliphatic carbocycles. The summed E-state index contributed by atoms with van der Waals surface area (Å²) in [5, 5.41) is 10.2. The molecular weight excluding hydrogens is 311 g/mol. The van der Waals surface area contributed by atoms with Gasteiger partial charge in [-0.25, -0.2) is 4.39 Å². The Balaban J connectivity index is 1.79. The van der Waals surface area contributed by atoms with Crippen LogP contribution in [0.4, 0.5) is 4.39 Å². The van der Waals surface area contributed by atoms with Crippen LogP contribution in [-0.4, -0.2) is 65.2 Å². The Labute approximate surface area is 143 Å². The first-order valence-electron chi connectivity index (χ1n) is 8.29. The van der Waals surface area contributed by atoms with E-state index in [-0.39, 0.29) is 30.5 Å². The minimum atomic E-state index is -0.653. The van der Waals surface area contributed by atoms with Crippen LogP contribution in [0, 0.1) is 5.82 Å². The normalized spacial score (nSPS) is 19.3. The Hall–Kier alpha value is -1.50. The highest BCUT2D eigenvalue weighted by atomic mass is 19.1. The van der Waals surface area contributed by atoms with Crippen molar-refractivity contribution in [2.75, 3.05) is 32.8 Å². The fraction of sp³-hybridized carbons (Fsp3) is 0.611. The van der Waals surface area contributed by atoms with Crippen molar-refractivity contribution in [2.24, 2.45) is 0 Å². The molecule has 1 N–H and O–H groups in total. The third kappa shape index (κ3) is 5.00. The second-order valence-corrected chi connectivity index (χ2v) is 6.96. The first-order valence-corrected chi connectivity index (χ1v) is 8.29. The van der Waals surface area contributed by atoms with Gasteiger partial charge in [0.1, 0.15) is 5.82 Å². The fourth-order valence-corrected chi connectivity index (χ4v) is 3.02. The van der Waals surface area contributed by atoms with E-state index in [1.54, 1.807) is 25.1 Å². The molecule has 2 rings (SSSR count). The summed E-state index contributed by atoms with van der Waals surface area (Å²) in [5.74, 6) is -0.218. The van der Waals surface area contributed by atoms with Crippen molar-refractivity contribution in [3.8, 4) is 0 Å². The highest BCUT2D eigenvalue weighted by Crippen LogP contribution is 2.21. The largest absolute Gasteiger partial charge is 0.389 e. The van der Waals surface area contributed by atoms with Crippen LogP contribution in [0.1, 0.15) is 26.3 Å². The lowest BCUT2D eigenvalue weighted by Crippen LogP contribution is -2.61. The van der Waals surface area contributed by atoms with Gasteiger partial charge in [-0.3, -0.25) is 9.69 Å². The standard InChI is InChI=1S/C18H27FN2O3/c1-14(22)20-8-9-21(18(2,3)13-20)10-16(23)12-24-11-15-6-4-5-7-17(15)19/h4-7,16,23H,8-13H2,1-3H3. The van der Waals surface area contributed by atoms with E-state index < -0.39 is 6.10 Å². The number of amides is 1. The van der Waals surface area contributed by atoms with Crippen LogP contribution in [-0.2, 0) is 16.1 Å². The Morgan fingerprint density at radius 2 is 2.08 bits per heavy atom. The number of hydrogen-bond donors (Lipinski definition) is 1. The van der Waals surface area contributed by atoms with E-state index in [9.17, 15) is 14.3 Å². The van der Waals surface area contributed by atoms with Crippen molar-refractivity contribution >= 4 is 5.91 Å². The molecule has 1 aliphatic heterocycles. The van der Waals surface area contributed by atoms with Crippen molar-refractivity contribution in [3.63, 3.8) is 0 Å². The topological polar surface area (TPSA) is 53.0 Å². The fourth-order valence-electron chi connectivity index (χ4n) is 3.02. The Morgan fingerprint density at radius 3 is 2.71 bits per heavy atom. The lowest BCUT2D eigenvalue weighted by Gasteiger charge is -2.47. The molecule has 24 heavy (non-hydrogen) atoms. The van der Waals surface area contributed by atoms with Gasteiger partial charge >= 0.3 is 0 Å². The van der Waals surface area contributed by atoms with E-state index in [1.807, 2.05) is 4.90 Å². The number of piperazine rings is 1. The maximum atomic E-state index is 13.5. The average molecular weight is 338 g/mol. The highest BCUT2D eigenvalue weighted by Gasteiger charge is 2.35. The summed E-state index contributed by atoms with van der Waals surface area (Å²) in [4.78, 5) is 15.5. The number of halogens is 1. The van der Waals surface area contributed by atoms with Crippen LogP contribution >= 0.6 is 0 Å². The van der Waals surface area contributed by atoms with Crippen LogP contribution in [0.5, 0.6) is 0 Å². The van der Waals surface area contributed by atoms with Gasteiger partial charge in [-0.1, -0.05) is 18.2 Å². The number of nitrogens with zero attached hydrogens (tertiary/aromatic N) is 2. The van der Waals surface area contributed by atoms with Gasteiger partial charge in [-0.15, -0.1) is 0 Å². The number of aliphatic hydroxyl groups excluding tert-OH is 1. The monoisotopic (exact) mass is 338 g/mol. The molecule has 1 aliphatic rings. The van der Waals surface area contributed by atoms with Crippen LogP contribution < -0.4 is 0 Å². The number of β-amino-alcohol motifs (C(OH)–C–C–N with tert-alkyl or cyclic N) is 1. The van der Waals surface area contributed by atoms with Gasteiger partial charge in [0.2, 0.25) is 5.91 Å². The average Bonchev–Trinajstić information content (AvgIpc) is 2.50. The smallest absolute Gasteiger partial charge is 0.219 e. The molecule has 6 heteroatoms. The summed E-state index contributed by atoms with van der Waals surface area (Å²) in [5.41, 5.74) is 0.288. The Morgan fingerprint density at radius 1 is 1.38 bits per heavy atom. The van der Waals surface area contributed by atoms with Crippen LogP contribution in [0.3, 0.4) is 0 Å². The molecule has 1 atom stereocenters. The molecule has 0 bridgehead atoms. The lowest BCUT2D eigenvalue weighted by molar-refractivity contribution is -0.134. The molecule has 0 saturated carbocycles. The van der Waals surface area contributed by atoms with Crippen molar-refractivity contribution in [3.05, 3.63) is 35.6 Å². The first-order chi connectivity index (χ1) is 11.3. The Kier molecular flexibility index (Phi) is 6.32. The number of aliphatic hydroxyl groups is 1. The van der Waals surface area contributed by atoms with Gasteiger partial charge in [0.05, 0.1) is 19.3 Å². The molecule has 0 spiro atoms. The molecule has 0 aromatic heterocycles. The third-order valence-corrected chi connectivity index (χ3v) is 4.48. The number of hydrogen-bond acceptors (Lipinski definition) is 4. The van der Waals surface area contributed by atoms with Crippen molar-refractivity contribution < 1.29 is 19.0 Å². The van der Waals surface area contributed by atoms with Crippen molar-refractivity contribution in [2.45, 2.75) is 39.0 Å². The quantitative estimate of drug-likeness (QED) is 0.857. The summed E-state index contributed by atoms with van der Waals surface area (Å²) in [6.45, 7) is 8.50. The van der Waals surface area contributed by atoms with Gasteiger partial charge in [0.25, 0.3) is 0 Å². The van der Waals surface area contributed by atoms with Crippen LogP contribution in [0.25, 0.3) is 0 Å². The van der Waals surface area contributed by atoms with E-state index in [1.165, 1.54) is 6.07 Å². The molecule has 5 nitrogen and oxygen atoms in total. The van der Waals surface area contributed by atoms with Crippen molar-refractivity contribution in [1.82, 2.24) is 9.80 Å². The minimum absolute atomic E-state index is 0.0801. The molecule has 1 amide bonds. The predicted octanol–water partition coefficient (Wildman–Crippen LogP) is 1.65. The molecule has 0 radical (unpaired) electrons. The van der Waals surface area contributed by atoms with E-state index >= 15 is 0 Å². The molecule has 1 unspecified atom stereocenters. The van der Waals surface area contributed by atoms with E-state index in [2.05, 4.69) is 18.7 Å². The molecular formula is C18H27FN2O3. The maximum Gasteiger partial charge on any atom is 0.219 e.